The highest BCUT2D eigenvalue weighted by molar-refractivity contribution is 9.10. The minimum atomic E-state index is -0.0391. The summed E-state index contributed by atoms with van der Waals surface area (Å²) in [5, 5.41) is 0.309. The third-order valence-corrected chi connectivity index (χ3v) is 4.55. The number of carbonyl (C=O) groups excluding carboxylic acids is 1. The Balaban J connectivity index is 1.51. The Labute approximate surface area is 158 Å². The van der Waals surface area contributed by atoms with Crippen LogP contribution in [-0.4, -0.2) is 53.6 Å². The first-order valence-corrected chi connectivity index (χ1v) is 8.89. The van der Waals surface area contributed by atoms with Gasteiger partial charge in [-0.15, -0.1) is 0 Å². The van der Waals surface area contributed by atoms with Crippen LogP contribution in [0.15, 0.2) is 34.8 Å². The molecule has 3 rings (SSSR count). The fraction of sp³-hybridized carbons (Fsp3) is 0.312. The number of nitrogens with zero attached hydrogens (tertiary/aromatic N) is 4. The predicted octanol–water partition coefficient (Wildman–Crippen LogP) is 2.20. The third-order valence-electron chi connectivity index (χ3n) is 3.83. The molecule has 2 N–H and O–H groups in total. The topological polar surface area (TPSA) is 84.6 Å². The van der Waals surface area contributed by atoms with Crippen LogP contribution in [0, 0.1) is 0 Å². The van der Waals surface area contributed by atoms with Crippen molar-refractivity contribution in [3.05, 3.63) is 40.0 Å². The van der Waals surface area contributed by atoms with E-state index in [1.54, 1.807) is 11.0 Å². The molecule has 1 aliphatic heterocycles. The van der Waals surface area contributed by atoms with Crippen LogP contribution in [0.4, 0.5) is 11.8 Å². The summed E-state index contributed by atoms with van der Waals surface area (Å²) in [5.41, 5.74) is 5.63. The molecule has 7 nitrogen and oxygen atoms in total. The summed E-state index contributed by atoms with van der Waals surface area (Å²) in [5.74, 6) is 1.45. The summed E-state index contributed by atoms with van der Waals surface area (Å²) < 4.78 is 6.50. The smallest absolute Gasteiger partial charge is 0.260 e. The molecule has 0 aliphatic carbocycles. The van der Waals surface area contributed by atoms with Crippen molar-refractivity contribution < 1.29 is 9.53 Å². The van der Waals surface area contributed by atoms with Gasteiger partial charge in [0.25, 0.3) is 5.91 Å². The van der Waals surface area contributed by atoms with Crippen molar-refractivity contribution in [3.8, 4) is 5.75 Å². The lowest BCUT2D eigenvalue weighted by atomic mass is 10.3. The maximum Gasteiger partial charge on any atom is 0.260 e. The molecule has 1 aromatic carbocycles. The van der Waals surface area contributed by atoms with Gasteiger partial charge in [-0.05, 0) is 24.3 Å². The Hall–Kier alpha value is -2.06. The van der Waals surface area contributed by atoms with Gasteiger partial charge in [0.1, 0.15) is 16.7 Å². The quantitative estimate of drug-likeness (QED) is 0.755. The van der Waals surface area contributed by atoms with Gasteiger partial charge in [0, 0.05) is 36.7 Å². The number of hydrogen-bond donors (Lipinski definition) is 1. The summed E-state index contributed by atoms with van der Waals surface area (Å²) >= 11 is 9.28. The average Bonchev–Trinajstić information content (AvgIpc) is 2.60. The van der Waals surface area contributed by atoms with E-state index in [4.69, 9.17) is 22.1 Å². The number of benzene rings is 1. The zero-order valence-corrected chi connectivity index (χ0v) is 15.7. The zero-order valence-electron chi connectivity index (χ0n) is 13.4. The molecule has 1 aromatic heterocycles. The van der Waals surface area contributed by atoms with Crippen molar-refractivity contribution in [2.24, 2.45) is 0 Å². The van der Waals surface area contributed by atoms with Crippen molar-refractivity contribution in [2.75, 3.05) is 43.4 Å². The third kappa shape index (κ3) is 4.73. The normalized spacial score (nSPS) is 14.5. The number of anilines is 2. The van der Waals surface area contributed by atoms with Gasteiger partial charge in [0.15, 0.2) is 6.61 Å². The van der Waals surface area contributed by atoms with Crippen LogP contribution in [-0.2, 0) is 4.79 Å². The number of carbonyl (C=O) groups is 1. The molecule has 0 unspecified atom stereocenters. The summed E-state index contributed by atoms with van der Waals surface area (Å²) in [7, 11) is 0. The number of rotatable bonds is 4. The van der Waals surface area contributed by atoms with E-state index in [0.717, 1.165) is 4.47 Å². The van der Waals surface area contributed by atoms with Crippen LogP contribution in [0.5, 0.6) is 5.75 Å². The van der Waals surface area contributed by atoms with E-state index in [0.29, 0.717) is 42.9 Å². The maximum absolute atomic E-state index is 12.3. The Morgan fingerprint density at radius 2 is 1.88 bits per heavy atom. The van der Waals surface area contributed by atoms with Gasteiger partial charge < -0.3 is 20.3 Å². The molecular formula is C16H17BrClN5O2. The van der Waals surface area contributed by atoms with Crippen molar-refractivity contribution in [1.82, 2.24) is 14.9 Å². The fourth-order valence-corrected chi connectivity index (χ4v) is 2.99. The van der Waals surface area contributed by atoms with Crippen molar-refractivity contribution >= 4 is 45.2 Å². The largest absolute Gasteiger partial charge is 0.484 e. The lowest BCUT2D eigenvalue weighted by molar-refractivity contribution is -0.133. The molecule has 1 amide bonds. The number of amides is 1. The van der Waals surface area contributed by atoms with Gasteiger partial charge in [-0.2, -0.15) is 4.98 Å². The van der Waals surface area contributed by atoms with E-state index in [1.165, 1.54) is 0 Å². The van der Waals surface area contributed by atoms with Crippen LogP contribution in [0.2, 0.25) is 5.15 Å². The van der Waals surface area contributed by atoms with Gasteiger partial charge in [-0.1, -0.05) is 27.5 Å². The number of nitrogens with two attached hydrogens (primary N) is 1. The van der Waals surface area contributed by atoms with Gasteiger partial charge in [-0.25, -0.2) is 4.98 Å². The summed E-state index contributed by atoms with van der Waals surface area (Å²) in [6.45, 7) is 2.50. The second-order valence-electron chi connectivity index (χ2n) is 5.52. The van der Waals surface area contributed by atoms with Crippen LogP contribution in [0.25, 0.3) is 0 Å². The molecular weight excluding hydrogens is 410 g/mol. The predicted molar refractivity (Wildman–Crippen MR) is 99.9 cm³/mol. The van der Waals surface area contributed by atoms with Gasteiger partial charge >= 0.3 is 0 Å². The van der Waals surface area contributed by atoms with Gasteiger partial charge in [0.05, 0.1) is 0 Å². The molecule has 2 aromatic rings. The zero-order chi connectivity index (χ0) is 17.8. The van der Waals surface area contributed by atoms with E-state index in [2.05, 4.69) is 25.9 Å². The first-order chi connectivity index (χ1) is 12.0. The lowest BCUT2D eigenvalue weighted by Gasteiger charge is -2.35. The van der Waals surface area contributed by atoms with E-state index in [-0.39, 0.29) is 18.5 Å². The molecule has 25 heavy (non-hydrogen) atoms. The monoisotopic (exact) mass is 425 g/mol. The first-order valence-electron chi connectivity index (χ1n) is 7.72. The molecule has 9 heteroatoms. The Kier molecular flexibility index (Phi) is 5.60. The van der Waals surface area contributed by atoms with Crippen LogP contribution >= 0.6 is 27.5 Å². The highest BCUT2D eigenvalue weighted by Crippen LogP contribution is 2.19. The molecule has 0 atom stereocenters. The van der Waals surface area contributed by atoms with Crippen LogP contribution in [0.1, 0.15) is 0 Å². The second-order valence-corrected chi connectivity index (χ2v) is 6.82. The average molecular weight is 427 g/mol. The Bertz CT molecular complexity index is 730. The number of hydrogen-bond acceptors (Lipinski definition) is 6. The molecule has 0 saturated carbocycles. The highest BCUT2D eigenvalue weighted by atomic mass is 79.9. The molecule has 1 aliphatic rings. The Morgan fingerprint density at radius 3 is 2.52 bits per heavy atom. The second kappa shape index (κ2) is 7.88. The number of nitrogen functional groups attached to an aromatic ring is 1. The number of aromatic nitrogens is 2. The Morgan fingerprint density at radius 1 is 1.20 bits per heavy atom. The molecule has 1 saturated heterocycles. The van der Waals surface area contributed by atoms with E-state index in [9.17, 15) is 4.79 Å². The molecule has 2 heterocycles. The maximum atomic E-state index is 12.3. The van der Waals surface area contributed by atoms with E-state index >= 15 is 0 Å². The molecule has 132 valence electrons. The molecule has 0 bridgehead atoms. The van der Waals surface area contributed by atoms with Crippen molar-refractivity contribution in [3.63, 3.8) is 0 Å². The standard InChI is InChI=1S/C16H17BrClN5O2/c17-11-1-3-12(4-2-11)25-10-15(24)23-7-5-22(6-8-23)14-9-13(18)20-16(19)21-14/h1-4,9H,5-8,10H2,(H2,19,20,21). The SMILES string of the molecule is Nc1nc(Cl)cc(N2CCN(C(=O)COc3ccc(Br)cc3)CC2)n1. The molecule has 1 fully saturated rings. The number of piperazine rings is 1. The first kappa shape index (κ1) is 17.8. The minimum Gasteiger partial charge on any atom is -0.484 e. The van der Waals surface area contributed by atoms with E-state index in [1.807, 2.05) is 29.2 Å². The highest BCUT2D eigenvalue weighted by Gasteiger charge is 2.22. The fourth-order valence-electron chi connectivity index (χ4n) is 2.54. The summed E-state index contributed by atoms with van der Waals surface area (Å²) in [6.07, 6.45) is 0. The van der Waals surface area contributed by atoms with Crippen LogP contribution in [0.3, 0.4) is 0 Å². The van der Waals surface area contributed by atoms with Crippen LogP contribution < -0.4 is 15.4 Å². The lowest BCUT2D eigenvalue weighted by Crippen LogP contribution is -2.50. The molecule has 0 spiro atoms. The minimum absolute atomic E-state index is 0.0217. The summed E-state index contributed by atoms with van der Waals surface area (Å²) in [4.78, 5) is 24.1. The van der Waals surface area contributed by atoms with Gasteiger partial charge in [-0.3, -0.25) is 4.79 Å². The van der Waals surface area contributed by atoms with Gasteiger partial charge in [0.2, 0.25) is 5.95 Å². The summed E-state index contributed by atoms with van der Waals surface area (Å²) in [6, 6.07) is 9.05. The number of ether oxygens (including phenoxy) is 1. The van der Waals surface area contributed by atoms with Crippen molar-refractivity contribution in [1.29, 1.82) is 0 Å². The molecule has 0 radical (unpaired) electrons. The number of halogens is 2. The van der Waals surface area contributed by atoms with Crippen molar-refractivity contribution in [2.45, 2.75) is 0 Å². The van der Waals surface area contributed by atoms with E-state index < -0.39 is 0 Å².